The molecule has 1 aliphatic heterocycles. The number of aliphatic imine (C=N–C) groups is 1. The summed E-state index contributed by atoms with van der Waals surface area (Å²) in [6.45, 7) is 1.81. The van der Waals surface area contributed by atoms with Crippen molar-refractivity contribution in [3.8, 4) is 0 Å². The van der Waals surface area contributed by atoms with Gasteiger partial charge in [-0.05, 0) is 17.7 Å². The molecule has 1 aliphatic rings. The van der Waals surface area contributed by atoms with E-state index in [1.165, 1.54) is 0 Å². The maximum absolute atomic E-state index is 9.09. The van der Waals surface area contributed by atoms with E-state index in [0.717, 1.165) is 35.7 Å². The Morgan fingerprint density at radius 3 is 2.42 bits per heavy atom. The molecule has 0 saturated carbocycles. The fourth-order valence-corrected chi connectivity index (χ4v) is 2.31. The Kier molecular flexibility index (Phi) is 3.29. The Bertz CT molecular complexity index is 575. The molecule has 0 atom stereocenters. The summed E-state index contributed by atoms with van der Waals surface area (Å²) in [5.41, 5.74) is 3.20. The van der Waals surface area contributed by atoms with Crippen molar-refractivity contribution in [2.45, 2.75) is 6.61 Å². The molecule has 1 heterocycles. The second-order valence-electron chi connectivity index (χ2n) is 4.55. The molecular formula is C16H16N2O. The number of anilines is 1. The number of amidine groups is 1. The number of hydrogen-bond acceptors (Lipinski definition) is 3. The van der Waals surface area contributed by atoms with Gasteiger partial charge in [-0.3, -0.25) is 4.99 Å². The molecule has 2 aromatic carbocycles. The molecule has 3 rings (SSSR count). The molecule has 3 heteroatoms. The van der Waals surface area contributed by atoms with Crippen molar-refractivity contribution < 1.29 is 5.11 Å². The first-order valence-electron chi connectivity index (χ1n) is 6.46. The first-order valence-corrected chi connectivity index (χ1v) is 6.46. The Labute approximate surface area is 112 Å². The minimum absolute atomic E-state index is 0.0832. The van der Waals surface area contributed by atoms with Gasteiger partial charge >= 0.3 is 0 Å². The van der Waals surface area contributed by atoms with Crippen molar-refractivity contribution in [2.75, 3.05) is 18.0 Å². The van der Waals surface area contributed by atoms with Crippen LogP contribution in [0.3, 0.4) is 0 Å². The van der Waals surface area contributed by atoms with Crippen LogP contribution in [0.5, 0.6) is 0 Å². The number of nitrogens with zero attached hydrogens (tertiary/aromatic N) is 2. The van der Waals surface area contributed by atoms with Gasteiger partial charge < -0.3 is 10.0 Å². The topological polar surface area (TPSA) is 35.8 Å². The molecule has 0 aliphatic carbocycles. The van der Waals surface area contributed by atoms with Gasteiger partial charge in [-0.25, -0.2) is 0 Å². The summed E-state index contributed by atoms with van der Waals surface area (Å²) in [5, 5.41) is 9.09. The van der Waals surface area contributed by atoms with E-state index in [4.69, 9.17) is 5.11 Å². The average Bonchev–Trinajstić information content (AvgIpc) is 2.98. The van der Waals surface area contributed by atoms with Crippen LogP contribution in [0.4, 0.5) is 5.69 Å². The molecule has 0 radical (unpaired) electrons. The minimum Gasteiger partial charge on any atom is -0.392 e. The molecule has 0 spiro atoms. The lowest BCUT2D eigenvalue weighted by atomic mass is 10.1. The molecule has 0 aromatic heterocycles. The Morgan fingerprint density at radius 2 is 1.74 bits per heavy atom. The van der Waals surface area contributed by atoms with Gasteiger partial charge in [0.1, 0.15) is 5.84 Å². The summed E-state index contributed by atoms with van der Waals surface area (Å²) in [7, 11) is 0. The minimum atomic E-state index is 0.0832. The normalized spacial score (nSPS) is 14.6. The Morgan fingerprint density at radius 1 is 1.00 bits per heavy atom. The predicted molar refractivity (Wildman–Crippen MR) is 77.6 cm³/mol. The van der Waals surface area contributed by atoms with Crippen LogP contribution in [0.1, 0.15) is 11.1 Å². The molecule has 0 bridgehead atoms. The van der Waals surface area contributed by atoms with E-state index in [1.54, 1.807) is 0 Å². The van der Waals surface area contributed by atoms with E-state index in [0.29, 0.717) is 0 Å². The zero-order valence-electron chi connectivity index (χ0n) is 10.7. The molecule has 1 N–H and O–H groups in total. The van der Waals surface area contributed by atoms with Crippen molar-refractivity contribution in [2.24, 2.45) is 4.99 Å². The molecule has 0 saturated heterocycles. The van der Waals surface area contributed by atoms with Crippen LogP contribution >= 0.6 is 0 Å². The molecule has 3 nitrogen and oxygen atoms in total. The average molecular weight is 252 g/mol. The molecular weight excluding hydrogens is 236 g/mol. The summed E-state index contributed by atoms with van der Waals surface area (Å²) in [6.07, 6.45) is 0. The standard InChI is InChI=1S/C16H16N2O/c19-12-13-6-8-15(9-7-13)18-11-10-17-16(18)14-4-2-1-3-5-14/h1-9,19H,10-12H2. The number of benzene rings is 2. The first kappa shape index (κ1) is 11.9. The Balaban J connectivity index is 1.90. The van der Waals surface area contributed by atoms with E-state index in [9.17, 15) is 0 Å². The van der Waals surface area contributed by atoms with E-state index >= 15 is 0 Å². The second-order valence-corrected chi connectivity index (χ2v) is 4.55. The summed E-state index contributed by atoms with van der Waals surface area (Å²) in [6, 6.07) is 18.2. The number of aliphatic hydroxyl groups excluding tert-OH is 1. The quantitative estimate of drug-likeness (QED) is 0.910. The zero-order valence-corrected chi connectivity index (χ0v) is 10.7. The lowest BCUT2D eigenvalue weighted by molar-refractivity contribution is 0.282. The van der Waals surface area contributed by atoms with Crippen LogP contribution in [-0.2, 0) is 6.61 Å². The smallest absolute Gasteiger partial charge is 0.135 e. The summed E-state index contributed by atoms with van der Waals surface area (Å²) < 4.78 is 0. The zero-order chi connectivity index (χ0) is 13.1. The van der Waals surface area contributed by atoms with Gasteiger partial charge in [-0.2, -0.15) is 0 Å². The van der Waals surface area contributed by atoms with Crippen LogP contribution in [0.25, 0.3) is 0 Å². The van der Waals surface area contributed by atoms with E-state index < -0.39 is 0 Å². The molecule has 2 aromatic rings. The highest BCUT2D eigenvalue weighted by Crippen LogP contribution is 2.21. The molecule has 0 unspecified atom stereocenters. The number of hydrogen-bond donors (Lipinski definition) is 1. The summed E-state index contributed by atoms with van der Waals surface area (Å²) in [5.74, 6) is 1.03. The monoisotopic (exact) mass is 252 g/mol. The van der Waals surface area contributed by atoms with Gasteiger partial charge in [0.25, 0.3) is 0 Å². The van der Waals surface area contributed by atoms with Crippen molar-refractivity contribution in [1.29, 1.82) is 0 Å². The third-order valence-corrected chi connectivity index (χ3v) is 3.30. The highest BCUT2D eigenvalue weighted by atomic mass is 16.3. The summed E-state index contributed by atoms with van der Waals surface area (Å²) >= 11 is 0. The summed E-state index contributed by atoms with van der Waals surface area (Å²) in [4.78, 5) is 6.82. The van der Waals surface area contributed by atoms with Gasteiger partial charge in [0, 0.05) is 17.8 Å². The highest BCUT2D eigenvalue weighted by molar-refractivity contribution is 6.11. The van der Waals surface area contributed by atoms with E-state index in [1.807, 2.05) is 42.5 Å². The maximum Gasteiger partial charge on any atom is 0.135 e. The second kappa shape index (κ2) is 5.24. The van der Waals surface area contributed by atoms with Crippen LogP contribution in [0, 0.1) is 0 Å². The van der Waals surface area contributed by atoms with Crippen molar-refractivity contribution in [3.05, 3.63) is 65.7 Å². The van der Waals surface area contributed by atoms with Gasteiger partial charge in [-0.1, -0.05) is 42.5 Å². The lowest BCUT2D eigenvalue weighted by Crippen LogP contribution is -2.28. The first-order chi connectivity index (χ1) is 9.38. The molecule has 19 heavy (non-hydrogen) atoms. The van der Waals surface area contributed by atoms with Crippen LogP contribution in [0.2, 0.25) is 0 Å². The van der Waals surface area contributed by atoms with Gasteiger partial charge in [0.05, 0.1) is 13.2 Å². The number of rotatable bonds is 3. The lowest BCUT2D eigenvalue weighted by Gasteiger charge is -2.20. The van der Waals surface area contributed by atoms with Gasteiger partial charge in [0.15, 0.2) is 0 Å². The maximum atomic E-state index is 9.09. The third kappa shape index (κ3) is 2.37. The highest BCUT2D eigenvalue weighted by Gasteiger charge is 2.19. The molecule has 96 valence electrons. The van der Waals surface area contributed by atoms with Gasteiger partial charge in [-0.15, -0.1) is 0 Å². The van der Waals surface area contributed by atoms with Crippen molar-refractivity contribution in [3.63, 3.8) is 0 Å². The fourth-order valence-electron chi connectivity index (χ4n) is 2.31. The van der Waals surface area contributed by atoms with Crippen LogP contribution in [0.15, 0.2) is 59.6 Å². The Hall–Kier alpha value is -2.13. The SMILES string of the molecule is OCc1ccc(N2CCN=C2c2ccccc2)cc1. The largest absolute Gasteiger partial charge is 0.392 e. The molecule has 0 amide bonds. The van der Waals surface area contributed by atoms with E-state index in [-0.39, 0.29) is 6.61 Å². The van der Waals surface area contributed by atoms with Crippen LogP contribution in [-0.4, -0.2) is 24.0 Å². The van der Waals surface area contributed by atoms with Crippen molar-refractivity contribution in [1.82, 2.24) is 0 Å². The molecule has 0 fully saturated rings. The van der Waals surface area contributed by atoms with E-state index in [2.05, 4.69) is 22.0 Å². The van der Waals surface area contributed by atoms with Crippen molar-refractivity contribution >= 4 is 11.5 Å². The van der Waals surface area contributed by atoms with Crippen LogP contribution < -0.4 is 4.90 Å². The fraction of sp³-hybridized carbons (Fsp3) is 0.188. The van der Waals surface area contributed by atoms with Gasteiger partial charge in [0.2, 0.25) is 0 Å². The third-order valence-electron chi connectivity index (χ3n) is 3.30. The number of aliphatic hydroxyl groups is 1. The predicted octanol–water partition coefficient (Wildman–Crippen LogP) is 2.45.